The number of rotatable bonds is 2. The van der Waals surface area contributed by atoms with Gasteiger partial charge in [-0.25, -0.2) is 4.98 Å². The molecule has 6 heteroatoms. The smallest absolute Gasteiger partial charge is 0.311 e. The standard InChI is InChI=1S/C14H16N4O2/c1-9-11(15)6-7-17(9)14-10-4-2-3-5-12(10)16-8-13(14)18(19)20/h2-5,8-9,11H,6-7,15H2,1H3. The van der Waals surface area contributed by atoms with Gasteiger partial charge in [-0.05, 0) is 19.4 Å². The molecule has 0 amide bonds. The molecular formula is C14H16N4O2. The lowest BCUT2D eigenvalue weighted by Gasteiger charge is -2.26. The summed E-state index contributed by atoms with van der Waals surface area (Å²) in [6.07, 6.45) is 2.18. The largest absolute Gasteiger partial charge is 0.361 e. The molecule has 2 aromatic rings. The second-order valence-electron chi connectivity index (χ2n) is 5.15. The predicted molar refractivity (Wildman–Crippen MR) is 77.8 cm³/mol. The number of nitro groups is 1. The zero-order valence-corrected chi connectivity index (χ0v) is 11.2. The van der Waals surface area contributed by atoms with Crippen molar-refractivity contribution >= 4 is 22.3 Å². The summed E-state index contributed by atoms with van der Waals surface area (Å²) in [5.41, 5.74) is 7.50. The van der Waals surface area contributed by atoms with Crippen LogP contribution in [0.15, 0.2) is 30.5 Å². The molecule has 3 rings (SSSR count). The summed E-state index contributed by atoms with van der Waals surface area (Å²) in [6.45, 7) is 2.74. The van der Waals surface area contributed by atoms with Gasteiger partial charge in [-0.3, -0.25) is 10.1 Å². The third-order valence-corrected chi connectivity index (χ3v) is 4.03. The molecule has 0 aliphatic carbocycles. The van der Waals surface area contributed by atoms with Gasteiger partial charge in [-0.1, -0.05) is 18.2 Å². The van der Waals surface area contributed by atoms with Crippen LogP contribution in [0.1, 0.15) is 13.3 Å². The van der Waals surface area contributed by atoms with Crippen molar-refractivity contribution in [3.05, 3.63) is 40.6 Å². The molecule has 1 aromatic heterocycles. The van der Waals surface area contributed by atoms with E-state index in [-0.39, 0.29) is 22.7 Å². The summed E-state index contributed by atoms with van der Waals surface area (Å²) in [6, 6.07) is 7.62. The monoisotopic (exact) mass is 272 g/mol. The number of benzene rings is 1. The molecule has 1 fully saturated rings. The Labute approximate surface area is 116 Å². The van der Waals surface area contributed by atoms with E-state index < -0.39 is 0 Å². The number of para-hydroxylation sites is 1. The highest BCUT2D eigenvalue weighted by Gasteiger charge is 2.33. The van der Waals surface area contributed by atoms with E-state index in [1.54, 1.807) is 0 Å². The van der Waals surface area contributed by atoms with Crippen LogP contribution in [0, 0.1) is 10.1 Å². The maximum Gasteiger partial charge on any atom is 0.311 e. The van der Waals surface area contributed by atoms with Gasteiger partial charge < -0.3 is 10.6 Å². The lowest BCUT2D eigenvalue weighted by atomic mass is 10.1. The molecule has 0 saturated carbocycles. The van der Waals surface area contributed by atoms with Crippen molar-refractivity contribution in [3.63, 3.8) is 0 Å². The molecule has 104 valence electrons. The maximum atomic E-state index is 11.3. The minimum Gasteiger partial charge on any atom is -0.361 e. The fraction of sp³-hybridized carbons (Fsp3) is 0.357. The number of pyridine rings is 1. The van der Waals surface area contributed by atoms with Crippen molar-refractivity contribution in [1.29, 1.82) is 0 Å². The summed E-state index contributed by atoms with van der Waals surface area (Å²) >= 11 is 0. The van der Waals surface area contributed by atoms with Crippen LogP contribution in [-0.4, -0.2) is 28.5 Å². The zero-order valence-electron chi connectivity index (χ0n) is 11.2. The van der Waals surface area contributed by atoms with Crippen LogP contribution in [0.2, 0.25) is 0 Å². The van der Waals surface area contributed by atoms with E-state index in [1.807, 2.05) is 36.1 Å². The van der Waals surface area contributed by atoms with Crippen LogP contribution in [0.5, 0.6) is 0 Å². The van der Waals surface area contributed by atoms with Gasteiger partial charge in [-0.15, -0.1) is 0 Å². The summed E-state index contributed by atoms with van der Waals surface area (Å²) in [7, 11) is 0. The summed E-state index contributed by atoms with van der Waals surface area (Å²) in [4.78, 5) is 17.2. The van der Waals surface area contributed by atoms with E-state index in [4.69, 9.17) is 5.73 Å². The van der Waals surface area contributed by atoms with Crippen molar-refractivity contribution < 1.29 is 4.92 Å². The highest BCUT2D eigenvalue weighted by atomic mass is 16.6. The highest BCUT2D eigenvalue weighted by molar-refractivity contribution is 5.96. The molecular weight excluding hydrogens is 256 g/mol. The Morgan fingerprint density at radius 3 is 2.85 bits per heavy atom. The quantitative estimate of drug-likeness (QED) is 0.668. The molecule has 1 aliphatic heterocycles. The number of hydrogen-bond acceptors (Lipinski definition) is 5. The first-order chi connectivity index (χ1) is 9.59. The number of hydrogen-bond donors (Lipinski definition) is 1. The molecule has 0 spiro atoms. The van der Waals surface area contributed by atoms with Crippen molar-refractivity contribution in [2.45, 2.75) is 25.4 Å². The fourth-order valence-corrected chi connectivity index (χ4v) is 2.83. The molecule has 1 aliphatic rings. The summed E-state index contributed by atoms with van der Waals surface area (Å²) < 4.78 is 0. The van der Waals surface area contributed by atoms with Gasteiger partial charge in [-0.2, -0.15) is 0 Å². The van der Waals surface area contributed by atoms with E-state index in [0.717, 1.165) is 23.9 Å². The molecule has 6 nitrogen and oxygen atoms in total. The lowest BCUT2D eigenvalue weighted by Crippen LogP contribution is -2.37. The fourth-order valence-electron chi connectivity index (χ4n) is 2.83. The van der Waals surface area contributed by atoms with E-state index in [9.17, 15) is 10.1 Å². The van der Waals surface area contributed by atoms with Gasteiger partial charge in [0.05, 0.1) is 10.4 Å². The molecule has 0 radical (unpaired) electrons. The van der Waals surface area contributed by atoms with E-state index in [0.29, 0.717) is 5.69 Å². The van der Waals surface area contributed by atoms with Crippen molar-refractivity contribution in [1.82, 2.24) is 4.98 Å². The maximum absolute atomic E-state index is 11.3. The molecule has 1 saturated heterocycles. The SMILES string of the molecule is CC1C(N)CCN1c1c([N+](=O)[O-])cnc2ccccc12. The van der Waals surface area contributed by atoms with Gasteiger partial charge in [0.2, 0.25) is 0 Å². The Morgan fingerprint density at radius 2 is 2.20 bits per heavy atom. The number of aromatic nitrogens is 1. The van der Waals surface area contributed by atoms with Crippen molar-refractivity contribution in [3.8, 4) is 0 Å². The second-order valence-corrected chi connectivity index (χ2v) is 5.15. The normalized spacial score (nSPS) is 22.4. The number of nitrogens with two attached hydrogens (primary N) is 1. The van der Waals surface area contributed by atoms with Crippen LogP contribution in [-0.2, 0) is 0 Å². The number of anilines is 1. The minimum absolute atomic E-state index is 0.0431. The number of nitrogens with zero attached hydrogens (tertiary/aromatic N) is 3. The van der Waals surface area contributed by atoms with Crippen molar-refractivity contribution in [2.24, 2.45) is 5.73 Å². The topological polar surface area (TPSA) is 85.3 Å². The van der Waals surface area contributed by atoms with Gasteiger partial charge in [0, 0.05) is 24.0 Å². The first-order valence-electron chi connectivity index (χ1n) is 6.64. The lowest BCUT2D eigenvalue weighted by molar-refractivity contribution is -0.384. The third kappa shape index (κ3) is 1.89. The summed E-state index contributed by atoms with van der Waals surface area (Å²) in [5, 5.41) is 12.1. The Balaban J connectivity index is 2.25. The molecule has 1 aromatic carbocycles. The van der Waals surface area contributed by atoms with E-state index in [1.165, 1.54) is 6.20 Å². The van der Waals surface area contributed by atoms with Crippen LogP contribution >= 0.6 is 0 Å². The Morgan fingerprint density at radius 1 is 1.45 bits per heavy atom. The van der Waals surface area contributed by atoms with Crippen LogP contribution in [0.3, 0.4) is 0 Å². The first kappa shape index (κ1) is 12.8. The zero-order chi connectivity index (χ0) is 14.3. The van der Waals surface area contributed by atoms with Gasteiger partial charge >= 0.3 is 5.69 Å². The van der Waals surface area contributed by atoms with E-state index >= 15 is 0 Å². The average molecular weight is 272 g/mol. The number of fused-ring (bicyclic) bond motifs is 1. The highest BCUT2D eigenvalue weighted by Crippen LogP contribution is 2.38. The molecule has 2 unspecified atom stereocenters. The van der Waals surface area contributed by atoms with Crippen LogP contribution < -0.4 is 10.6 Å². The second kappa shape index (κ2) is 4.72. The van der Waals surface area contributed by atoms with Crippen LogP contribution in [0.4, 0.5) is 11.4 Å². The predicted octanol–water partition coefficient (Wildman–Crippen LogP) is 2.07. The molecule has 20 heavy (non-hydrogen) atoms. The van der Waals surface area contributed by atoms with Crippen LogP contribution in [0.25, 0.3) is 10.9 Å². The summed E-state index contributed by atoms with van der Waals surface area (Å²) in [5.74, 6) is 0. The van der Waals surface area contributed by atoms with E-state index in [2.05, 4.69) is 4.98 Å². The Hall–Kier alpha value is -2.21. The average Bonchev–Trinajstić information content (AvgIpc) is 2.77. The molecule has 0 bridgehead atoms. The minimum atomic E-state index is -0.370. The first-order valence-corrected chi connectivity index (χ1v) is 6.64. The molecule has 2 N–H and O–H groups in total. The van der Waals surface area contributed by atoms with Gasteiger partial charge in [0.1, 0.15) is 11.9 Å². The Bertz CT molecular complexity index is 673. The third-order valence-electron chi connectivity index (χ3n) is 4.03. The van der Waals surface area contributed by atoms with Gasteiger partial charge in [0.25, 0.3) is 0 Å². The Kier molecular flexibility index (Phi) is 3.02. The molecule has 2 atom stereocenters. The van der Waals surface area contributed by atoms with Crippen molar-refractivity contribution in [2.75, 3.05) is 11.4 Å². The molecule has 2 heterocycles. The van der Waals surface area contributed by atoms with Gasteiger partial charge in [0.15, 0.2) is 0 Å².